The summed E-state index contributed by atoms with van der Waals surface area (Å²) >= 11 is 0. The average molecular weight is 500 g/mol. The SMILES string of the molecule is CCNC(=NCCC1=CCCCC1)NCCNC(=O)c1cccc(OC)c1.I. The highest BCUT2D eigenvalue weighted by molar-refractivity contribution is 14.0. The summed E-state index contributed by atoms with van der Waals surface area (Å²) in [6.07, 6.45) is 8.45. The van der Waals surface area contributed by atoms with E-state index in [4.69, 9.17) is 4.74 Å². The molecule has 6 nitrogen and oxygen atoms in total. The first-order chi connectivity index (χ1) is 13.2. The molecule has 1 aliphatic carbocycles. The fourth-order valence-electron chi connectivity index (χ4n) is 3.01. The first-order valence-corrected chi connectivity index (χ1v) is 9.85. The largest absolute Gasteiger partial charge is 0.497 e. The zero-order valence-corrected chi connectivity index (χ0v) is 19.3. The Labute approximate surface area is 185 Å². The second-order valence-electron chi connectivity index (χ2n) is 6.53. The third-order valence-corrected chi connectivity index (χ3v) is 4.47. The van der Waals surface area contributed by atoms with Crippen LogP contribution in [0, 0.1) is 0 Å². The van der Waals surface area contributed by atoms with E-state index in [0.717, 1.165) is 25.5 Å². The number of rotatable bonds is 9. The normalized spacial score (nSPS) is 13.8. The molecule has 1 aliphatic rings. The van der Waals surface area contributed by atoms with Gasteiger partial charge in [0.25, 0.3) is 5.91 Å². The van der Waals surface area contributed by atoms with E-state index in [1.165, 1.54) is 31.3 Å². The molecule has 0 aliphatic heterocycles. The summed E-state index contributed by atoms with van der Waals surface area (Å²) in [5, 5.41) is 9.42. The molecular formula is C21H33IN4O2. The van der Waals surface area contributed by atoms with E-state index in [9.17, 15) is 4.79 Å². The fraction of sp³-hybridized carbons (Fsp3) is 0.524. The van der Waals surface area contributed by atoms with E-state index >= 15 is 0 Å². The Bertz CT molecular complexity index is 662. The molecule has 0 unspecified atom stereocenters. The van der Waals surface area contributed by atoms with E-state index in [1.807, 2.05) is 19.1 Å². The molecule has 1 aromatic carbocycles. The smallest absolute Gasteiger partial charge is 0.251 e. The monoisotopic (exact) mass is 500 g/mol. The van der Waals surface area contributed by atoms with Gasteiger partial charge in [-0.25, -0.2) is 0 Å². The van der Waals surface area contributed by atoms with Crippen molar-refractivity contribution in [2.45, 2.75) is 39.0 Å². The molecule has 0 saturated carbocycles. The summed E-state index contributed by atoms with van der Waals surface area (Å²) in [5.74, 6) is 1.36. The van der Waals surface area contributed by atoms with Crippen LogP contribution in [0.4, 0.5) is 0 Å². The maximum atomic E-state index is 12.2. The van der Waals surface area contributed by atoms with Crippen LogP contribution in [0.15, 0.2) is 40.9 Å². The zero-order chi connectivity index (χ0) is 19.3. The van der Waals surface area contributed by atoms with Gasteiger partial charge >= 0.3 is 0 Å². The maximum Gasteiger partial charge on any atom is 0.251 e. The van der Waals surface area contributed by atoms with Crippen LogP contribution in [0.25, 0.3) is 0 Å². The van der Waals surface area contributed by atoms with Gasteiger partial charge in [-0.2, -0.15) is 0 Å². The van der Waals surface area contributed by atoms with Gasteiger partial charge in [-0.3, -0.25) is 9.79 Å². The Morgan fingerprint density at radius 2 is 2.00 bits per heavy atom. The molecule has 0 saturated heterocycles. The fourth-order valence-corrected chi connectivity index (χ4v) is 3.01. The van der Waals surface area contributed by atoms with E-state index in [0.29, 0.717) is 24.4 Å². The lowest BCUT2D eigenvalue weighted by Crippen LogP contribution is -2.41. The lowest BCUT2D eigenvalue weighted by Gasteiger charge is -2.14. The van der Waals surface area contributed by atoms with Gasteiger partial charge in [-0.15, -0.1) is 24.0 Å². The van der Waals surface area contributed by atoms with Crippen molar-refractivity contribution < 1.29 is 9.53 Å². The number of benzene rings is 1. The molecule has 1 aromatic rings. The number of hydrogen-bond donors (Lipinski definition) is 3. The average Bonchev–Trinajstić information content (AvgIpc) is 2.71. The maximum absolute atomic E-state index is 12.2. The quantitative estimate of drug-likeness (QED) is 0.160. The number of hydrogen-bond acceptors (Lipinski definition) is 3. The van der Waals surface area contributed by atoms with Gasteiger partial charge in [0.2, 0.25) is 0 Å². The number of allylic oxidation sites excluding steroid dienone is 1. The second-order valence-corrected chi connectivity index (χ2v) is 6.53. The standard InChI is InChI=1S/C21H32N4O2.HI/c1-3-22-21(24-13-12-17-8-5-4-6-9-17)25-15-14-23-20(26)18-10-7-11-19(16-18)27-2;/h7-8,10-11,16H,3-6,9,12-15H2,1-2H3,(H,23,26)(H2,22,24,25);1H. The van der Waals surface area contributed by atoms with Crippen LogP contribution < -0.4 is 20.7 Å². The number of ether oxygens (including phenoxy) is 1. The van der Waals surface area contributed by atoms with Gasteiger partial charge in [-0.05, 0) is 57.2 Å². The van der Waals surface area contributed by atoms with E-state index in [-0.39, 0.29) is 29.9 Å². The molecule has 0 spiro atoms. The number of nitrogens with zero attached hydrogens (tertiary/aromatic N) is 1. The number of halogens is 1. The minimum absolute atomic E-state index is 0. The Balaban J connectivity index is 0.00000392. The molecule has 156 valence electrons. The van der Waals surface area contributed by atoms with Crippen molar-refractivity contribution in [2.75, 3.05) is 33.3 Å². The van der Waals surface area contributed by atoms with Gasteiger partial charge in [-0.1, -0.05) is 17.7 Å². The van der Waals surface area contributed by atoms with Crippen LogP contribution in [0.5, 0.6) is 5.75 Å². The van der Waals surface area contributed by atoms with Gasteiger partial charge in [0.1, 0.15) is 5.75 Å². The number of guanidine groups is 1. The molecular weight excluding hydrogens is 467 g/mol. The number of nitrogens with one attached hydrogen (secondary N) is 3. The number of aliphatic imine (C=N–C) groups is 1. The van der Waals surface area contributed by atoms with Crippen molar-refractivity contribution in [2.24, 2.45) is 4.99 Å². The third-order valence-electron chi connectivity index (χ3n) is 4.47. The summed E-state index contributed by atoms with van der Waals surface area (Å²) in [5.41, 5.74) is 2.13. The highest BCUT2D eigenvalue weighted by Crippen LogP contribution is 2.19. The minimum Gasteiger partial charge on any atom is -0.497 e. The summed E-state index contributed by atoms with van der Waals surface area (Å²) < 4.78 is 5.15. The number of carbonyl (C=O) groups is 1. The van der Waals surface area contributed by atoms with Crippen LogP contribution in [0.1, 0.15) is 49.4 Å². The van der Waals surface area contributed by atoms with Crippen LogP contribution in [0.3, 0.4) is 0 Å². The minimum atomic E-state index is -0.109. The summed E-state index contributed by atoms with van der Waals surface area (Å²) in [6.45, 7) is 4.78. The third kappa shape index (κ3) is 8.95. The molecule has 2 rings (SSSR count). The van der Waals surface area contributed by atoms with Crippen molar-refractivity contribution in [3.05, 3.63) is 41.5 Å². The lowest BCUT2D eigenvalue weighted by atomic mass is 9.97. The van der Waals surface area contributed by atoms with Crippen LogP contribution >= 0.6 is 24.0 Å². The zero-order valence-electron chi connectivity index (χ0n) is 16.9. The van der Waals surface area contributed by atoms with E-state index in [2.05, 4.69) is 27.0 Å². The van der Waals surface area contributed by atoms with Gasteiger partial charge in [0, 0.05) is 31.7 Å². The Kier molecular flexibility index (Phi) is 12.4. The number of carbonyl (C=O) groups excluding carboxylic acids is 1. The molecule has 0 atom stereocenters. The van der Waals surface area contributed by atoms with Crippen LogP contribution in [-0.2, 0) is 0 Å². The highest BCUT2D eigenvalue weighted by Gasteiger charge is 2.06. The van der Waals surface area contributed by atoms with Crippen molar-refractivity contribution in [3.8, 4) is 5.75 Å². The molecule has 0 bridgehead atoms. The van der Waals surface area contributed by atoms with Crippen molar-refractivity contribution in [3.63, 3.8) is 0 Å². The highest BCUT2D eigenvalue weighted by atomic mass is 127. The van der Waals surface area contributed by atoms with Gasteiger partial charge < -0.3 is 20.7 Å². The first kappa shape index (κ1) is 24.3. The number of methoxy groups -OCH3 is 1. The van der Waals surface area contributed by atoms with Gasteiger partial charge in [0.15, 0.2) is 5.96 Å². The van der Waals surface area contributed by atoms with Crippen LogP contribution in [0.2, 0.25) is 0 Å². The van der Waals surface area contributed by atoms with Crippen LogP contribution in [-0.4, -0.2) is 45.2 Å². The summed E-state index contributed by atoms with van der Waals surface area (Å²) in [6, 6.07) is 7.13. The van der Waals surface area contributed by atoms with Crippen molar-refractivity contribution in [1.29, 1.82) is 0 Å². The van der Waals surface area contributed by atoms with Gasteiger partial charge in [0.05, 0.1) is 7.11 Å². The molecule has 28 heavy (non-hydrogen) atoms. The Morgan fingerprint density at radius 3 is 2.71 bits per heavy atom. The molecule has 0 heterocycles. The molecule has 0 radical (unpaired) electrons. The second kappa shape index (κ2) is 14.3. The van der Waals surface area contributed by atoms with E-state index in [1.54, 1.807) is 19.2 Å². The molecule has 0 fully saturated rings. The number of amides is 1. The predicted molar refractivity (Wildman–Crippen MR) is 126 cm³/mol. The molecule has 7 heteroatoms. The lowest BCUT2D eigenvalue weighted by molar-refractivity contribution is 0.0954. The Morgan fingerprint density at radius 1 is 1.18 bits per heavy atom. The van der Waals surface area contributed by atoms with Crippen molar-refractivity contribution >= 4 is 35.8 Å². The van der Waals surface area contributed by atoms with E-state index < -0.39 is 0 Å². The molecule has 3 N–H and O–H groups in total. The summed E-state index contributed by atoms with van der Waals surface area (Å²) in [7, 11) is 1.59. The Hall–Kier alpha value is -1.77. The molecule has 1 amide bonds. The first-order valence-electron chi connectivity index (χ1n) is 9.85. The topological polar surface area (TPSA) is 74.8 Å². The summed E-state index contributed by atoms with van der Waals surface area (Å²) in [4.78, 5) is 16.8. The van der Waals surface area contributed by atoms with Crippen molar-refractivity contribution in [1.82, 2.24) is 16.0 Å². The predicted octanol–water partition coefficient (Wildman–Crippen LogP) is 3.49. The molecule has 0 aromatic heterocycles.